The Labute approximate surface area is 208 Å². The molecule has 11 heteroatoms. The van der Waals surface area contributed by atoms with Crippen molar-refractivity contribution in [3.63, 3.8) is 0 Å². The smallest absolute Gasteiger partial charge is 0.410 e. The Morgan fingerprint density at radius 2 is 1.89 bits per heavy atom. The molecule has 1 aliphatic heterocycles. The Bertz CT molecular complexity index is 1160. The number of thiazole rings is 1. The molecule has 1 saturated heterocycles. The molecule has 0 spiro atoms. The van der Waals surface area contributed by atoms with Gasteiger partial charge in [0.2, 0.25) is 0 Å². The van der Waals surface area contributed by atoms with Gasteiger partial charge >= 0.3 is 6.09 Å². The molecule has 4 rings (SSSR count). The number of ether oxygens (including phenoxy) is 1. The van der Waals surface area contributed by atoms with Crippen molar-refractivity contribution in [2.45, 2.75) is 45.3 Å². The molecular weight excluding hydrogens is 466 g/mol. The number of pyridine rings is 2. The summed E-state index contributed by atoms with van der Waals surface area (Å²) in [6.07, 6.45) is 4.65. The van der Waals surface area contributed by atoms with Gasteiger partial charge in [0, 0.05) is 25.3 Å². The van der Waals surface area contributed by atoms with Gasteiger partial charge in [0.05, 0.1) is 6.20 Å². The first-order valence-corrected chi connectivity index (χ1v) is 12.2. The van der Waals surface area contributed by atoms with Crippen LogP contribution in [0, 0.1) is 0 Å². The van der Waals surface area contributed by atoms with Crippen molar-refractivity contribution >= 4 is 45.9 Å². The molecular formula is C24H29N7O3S. The highest BCUT2D eigenvalue weighted by atomic mass is 32.1. The molecule has 0 aliphatic carbocycles. The molecule has 10 nitrogen and oxygen atoms in total. The van der Waals surface area contributed by atoms with Crippen molar-refractivity contribution in [2.75, 3.05) is 29.0 Å². The number of amides is 2. The maximum atomic E-state index is 12.4. The van der Waals surface area contributed by atoms with Gasteiger partial charge < -0.3 is 25.6 Å². The van der Waals surface area contributed by atoms with E-state index in [1.807, 2.05) is 39.0 Å². The number of likely N-dealkylation sites (tertiary alicyclic amines) is 1. The number of carbonyl (C=O) groups excluding carboxylic acids is 2. The third kappa shape index (κ3) is 7.12. The van der Waals surface area contributed by atoms with Crippen LogP contribution in [0.1, 0.15) is 43.3 Å². The maximum absolute atomic E-state index is 12.4. The van der Waals surface area contributed by atoms with Gasteiger partial charge in [0.15, 0.2) is 5.13 Å². The van der Waals surface area contributed by atoms with Crippen LogP contribution in [-0.4, -0.2) is 56.6 Å². The molecule has 3 aromatic heterocycles. The van der Waals surface area contributed by atoms with Gasteiger partial charge in [-0.1, -0.05) is 23.5 Å². The monoisotopic (exact) mass is 495 g/mol. The SMILES string of the molecule is CC(C)(C)OC(=O)N1CCC[C@H](Nc2cccc(Nc3ncc(C(=O)Nc4ccccn4)s3)n2)C1. The van der Waals surface area contributed by atoms with E-state index in [-0.39, 0.29) is 18.0 Å². The normalized spacial score (nSPS) is 15.9. The predicted molar refractivity (Wildman–Crippen MR) is 136 cm³/mol. The van der Waals surface area contributed by atoms with E-state index in [1.54, 1.807) is 29.3 Å². The Morgan fingerprint density at radius 1 is 1.09 bits per heavy atom. The standard InChI is InChI=1S/C24H29N7O3S/c1-24(2,3)34-23(33)31-13-7-8-16(15-31)27-19-10-6-11-20(28-19)30-22-26-14-17(35-22)21(32)29-18-9-4-5-12-25-18/h4-6,9-12,14,16H,7-8,13,15H2,1-3H3,(H,25,29,32)(H2,26,27,28,30)/t16-/m0/s1. The molecule has 1 aliphatic rings. The van der Waals surface area contributed by atoms with Crippen LogP contribution in [0.3, 0.4) is 0 Å². The van der Waals surface area contributed by atoms with Gasteiger partial charge in [-0.05, 0) is 57.9 Å². The Balaban J connectivity index is 1.34. The number of anilines is 4. The fraction of sp³-hybridized carbons (Fsp3) is 0.375. The largest absolute Gasteiger partial charge is 0.444 e. The molecule has 2 amide bonds. The molecule has 1 atom stereocenters. The summed E-state index contributed by atoms with van der Waals surface area (Å²) in [5.74, 6) is 1.50. The van der Waals surface area contributed by atoms with Crippen LogP contribution < -0.4 is 16.0 Å². The van der Waals surface area contributed by atoms with Gasteiger partial charge in [-0.2, -0.15) is 0 Å². The number of nitrogens with one attached hydrogen (secondary N) is 3. The highest BCUT2D eigenvalue weighted by Crippen LogP contribution is 2.24. The van der Waals surface area contributed by atoms with Crippen molar-refractivity contribution in [1.82, 2.24) is 19.9 Å². The van der Waals surface area contributed by atoms with E-state index in [0.29, 0.717) is 40.6 Å². The summed E-state index contributed by atoms with van der Waals surface area (Å²) in [6, 6.07) is 11.0. The molecule has 3 N–H and O–H groups in total. The summed E-state index contributed by atoms with van der Waals surface area (Å²) in [5.41, 5.74) is -0.520. The second-order valence-corrected chi connectivity index (χ2v) is 10.2. The van der Waals surface area contributed by atoms with E-state index in [1.165, 1.54) is 17.5 Å². The minimum Gasteiger partial charge on any atom is -0.444 e. The van der Waals surface area contributed by atoms with E-state index < -0.39 is 5.60 Å². The molecule has 35 heavy (non-hydrogen) atoms. The fourth-order valence-corrected chi connectivity index (χ4v) is 4.26. The fourth-order valence-electron chi connectivity index (χ4n) is 3.54. The van der Waals surface area contributed by atoms with Crippen molar-refractivity contribution in [3.05, 3.63) is 53.7 Å². The zero-order valence-electron chi connectivity index (χ0n) is 19.9. The van der Waals surface area contributed by atoms with Crippen molar-refractivity contribution in [3.8, 4) is 0 Å². The summed E-state index contributed by atoms with van der Waals surface area (Å²) in [6.45, 7) is 6.83. The summed E-state index contributed by atoms with van der Waals surface area (Å²) >= 11 is 1.22. The molecule has 0 bridgehead atoms. The second kappa shape index (κ2) is 10.7. The van der Waals surface area contributed by atoms with Crippen LogP contribution in [0.5, 0.6) is 0 Å². The maximum Gasteiger partial charge on any atom is 0.410 e. The topological polar surface area (TPSA) is 121 Å². The first-order valence-electron chi connectivity index (χ1n) is 11.4. The number of carbonyl (C=O) groups is 2. The Hall–Kier alpha value is -3.73. The number of piperidine rings is 1. The lowest BCUT2D eigenvalue weighted by Crippen LogP contribution is -2.47. The summed E-state index contributed by atoms with van der Waals surface area (Å²) in [5, 5.41) is 9.86. The van der Waals surface area contributed by atoms with Crippen molar-refractivity contribution in [2.24, 2.45) is 0 Å². The van der Waals surface area contributed by atoms with Crippen LogP contribution in [0.4, 0.5) is 27.4 Å². The quantitative estimate of drug-likeness (QED) is 0.448. The second-order valence-electron chi connectivity index (χ2n) is 9.14. The Kier molecular flexibility index (Phi) is 7.45. The summed E-state index contributed by atoms with van der Waals surface area (Å²) in [7, 11) is 0. The lowest BCUT2D eigenvalue weighted by atomic mass is 10.1. The van der Waals surface area contributed by atoms with E-state index in [0.717, 1.165) is 12.8 Å². The molecule has 0 saturated carbocycles. The number of rotatable bonds is 6. The molecule has 1 fully saturated rings. The van der Waals surface area contributed by atoms with Crippen LogP contribution in [0.15, 0.2) is 48.8 Å². The number of hydrogen-bond donors (Lipinski definition) is 3. The van der Waals surface area contributed by atoms with Crippen LogP contribution in [0.25, 0.3) is 0 Å². The van der Waals surface area contributed by atoms with Crippen LogP contribution in [0.2, 0.25) is 0 Å². The minimum atomic E-state index is -0.520. The van der Waals surface area contributed by atoms with E-state index in [4.69, 9.17) is 4.74 Å². The van der Waals surface area contributed by atoms with Crippen molar-refractivity contribution < 1.29 is 14.3 Å². The van der Waals surface area contributed by atoms with Gasteiger partial charge in [-0.3, -0.25) is 4.79 Å². The molecule has 0 unspecified atom stereocenters. The Morgan fingerprint density at radius 3 is 2.66 bits per heavy atom. The summed E-state index contributed by atoms with van der Waals surface area (Å²) < 4.78 is 5.51. The molecule has 0 aromatic carbocycles. The first-order chi connectivity index (χ1) is 16.7. The van der Waals surface area contributed by atoms with Gasteiger partial charge in [0.25, 0.3) is 5.91 Å². The van der Waals surface area contributed by atoms with Crippen molar-refractivity contribution in [1.29, 1.82) is 0 Å². The third-order valence-corrected chi connectivity index (χ3v) is 5.96. The zero-order valence-corrected chi connectivity index (χ0v) is 20.8. The van der Waals surface area contributed by atoms with Crippen LogP contribution >= 0.6 is 11.3 Å². The zero-order chi connectivity index (χ0) is 24.8. The lowest BCUT2D eigenvalue weighted by Gasteiger charge is -2.34. The first kappa shape index (κ1) is 24.4. The molecule has 4 heterocycles. The van der Waals surface area contributed by atoms with Gasteiger partial charge in [-0.15, -0.1) is 0 Å². The average molecular weight is 496 g/mol. The molecule has 184 valence electrons. The van der Waals surface area contributed by atoms with Crippen LogP contribution in [-0.2, 0) is 4.74 Å². The van der Waals surface area contributed by atoms with E-state index >= 15 is 0 Å². The van der Waals surface area contributed by atoms with Gasteiger partial charge in [0.1, 0.15) is 27.9 Å². The highest BCUT2D eigenvalue weighted by molar-refractivity contribution is 7.17. The van der Waals surface area contributed by atoms with E-state index in [9.17, 15) is 9.59 Å². The average Bonchev–Trinajstić information content (AvgIpc) is 3.28. The molecule has 3 aromatic rings. The lowest BCUT2D eigenvalue weighted by molar-refractivity contribution is 0.0206. The predicted octanol–water partition coefficient (Wildman–Crippen LogP) is 4.74. The molecule has 0 radical (unpaired) electrons. The number of hydrogen-bond acceptors (Lipinski definition) is 9. The number of nitrogens with zero attached hydrogens (tertiary/aromatic N) is 4. The number of aromatic nitrogens is 3. The van der Waals surface area contributed by atoms with E-state index in [2.05, 4.69) is 30.9 Å². The summed E-state index contributed by atoms with van der Waals surface area (Å²) in [4.78, 5) is 40.1. The highest BCUT2D eigenvalue weighted by Gasteiger charge is 2.27. The minimum absolute atomic E-state index is 0.0702. The van der Waals surface area contributed by atoms with Gasteiger partial charge in [-0.25, -0.2) is 19.7 Å². The third-order valence-electron chi connectivity index (χ3n) is 5.05.